The first kappa shape index (κ1) is 21.7. The number of hydrogen-bond acceptors (Lipinski definition) is 6. The lowest BCUT2D eigenvalue weighted by molar-refractivity contribution is 0.133. The van der Waals surface area contributed by atoms with E-state index >= 15 is 4.39 Å². The number of nitrogens with one attached hydrogen (secondary N) is 1. The predicted octanol–water partition coefficient (Wildman–Crippen LogP) is 4.62. The van der Waals surface area contributed by atoms with Gasteiger partial charge in [-0.15, -0.1) is 0 Å². The van der Waals surface area contributed by atoms with Crippen LogP contribution in [0.15, 0.2) is 30.6 Å². The minimum atomic E-state index is -1.29. The van der Waals surface area contributed by atoms with Gasteiger partial charge in [-0.1, -0.05) is 0 Å². The number of aryl methyl sites for hydroxylation is 1. The maximum absolute atomic E-state index is 15.1. The molecule has 0 spiro atoms. The Balaban J connectivity index is 1.32. The zero-order valence-electron chi connectivity index (χ0n) is 19.0. The highest BCUT2D eigenvalue weighted by Gasteiger charge is 2.30. The Morgan fingerprint density at radius 1 is 1.15 bits per heavy atom. The number of ether oxygens (including phenoxy) is 3. The zero-order chi connectivity index (χ0) is 22.8. The highest BCUT2D eigenvalue weighted by Crippen LogP contribution is 2.38. The van der Waals surface area contributed by atoms with Crippen LogP contribution in [0.2, 0.25) is 0 Å². The molecule has 3 aromatic rings. The molecule has 1 fully saturated rings. The van der Waals surface area contributed by atoms with Gasteiger partial charge in [0.05, 0.1) is 24.6 Å². The molecule has 1 N–H and O–H groups in total. The van der Waals surface area contributed by atoms with Gasteiger partial charge in [-0.05, 0) is 63.6 Å². The van der Waals surface area contributed by atoms with Crippen molar-refractivity contribution in [1.82, 2.24) is 19.9 Å². The Morgan fingerprint density at radius 2 is 2.00 bits per heavy atom. The molecule has 0 saturated carbocycles. The van der Waals surface area contributed by atoms with Crippen LogP contribution in [0.5, 0.6) is 17.4 Å². The Kier molecular flexibility index (Phi) is 6.17. The minimum Gasteiger partial charge on any atom is -0.493 e. The van der Waals surface area contributed by atoms with Crippen molar-refractivity contribution in [2.45, 2.75) is 38.5 Å². The molecule has 5 rings (SSSR count). The van der Waals surface area contributed by atoms with Crippen LogP contribution in [-0.4, -0.2) is 59.3 Å². The molecule has 2 aromatic heterocycles. The summed E-state index contributed by atoms with van der Waals surface area (Å²) in [7, 11) is 1.60. The maximum Gasteiger partial charge on any atom is 0.225 e. The van der Waals surface area contributed by atoms with Crippen molar-refractivity contribution in [1.29, 1.82) is 0 Å². The lowest BCUT2D eigenvalue weighted by Gasteiger charge is -2.23. The van der Waals surface area contributed by atoms with Gasteiger partial charge in [0.15, 0.2) is 23.8 Å². The van der Waals surface area contributed by atoms with Crippen molar-refractivity contribution in [3.8, 4) is 17.4 Å². The van der Waals surface area contributed by atoms with Crippen LogP contribution in [0.4, 0.5) is 4.39 Å². The molecule has 1 unspecified atom stereocenters. The van der Waals surface area contributed by atoms with E-state index in [1.54, 1.807) is 19.3 Å². The standard InChI is InChI=1S/C25H29FN4O3/c1-16-12-17-19(29-16)6-7-21(24(17)26)33-25-18-13-22(31-2)23(14-20(18)27-15-28-25)32-11-5-10-30-8-3-4-9-30/h6-7,12-15,21,24,29H,3-5,8-11H2,1-2H3/t21?,24-/m1/s1. The molecule has 0 amide bonds. The summed E-state index contributed by atoms with van der Waals surface area (Å²) in [5, 5.41) is 0.649. The fourth-order valence-corrected chi connectivity index (χ4v) is 4.57. The number of methoxy groups -OCH3 is 1. The lowest BCUT2D eigenvalue weighted by Crippen LogP contribution is -2.23. The molecule has 3 heterocycles. The number of halogens is 1. The van der Waals surface area contributed by atoms with Crippen molar-refractivity contribution in [3.63, 3.8) is 0 Å². The van der Waals surface area contributed by atoms with Gasteiger partial charge in [0, 0.05) is 29.6 Å². The summed E-state index contributed by atoms with van der Waals surface area (Å²) in [6.45, 7) is 5.91. The van der Waals surface area contributed by atoms with Crippen LogP contribution in [0, 0.1) is 6.92 Å². The molecule has 8 heteroatoms. The second kappa shape index (κ2) is 9.39. The van der Waals surface area contributed by atoms with Crippen LogP contribution >= 0.6 is 0 Å². The molecule has 0 radical (unpaired) electrons. The van der Waals surface area contributed by atoms with Crippen LogP contribution in [0.1, 0.15) is 42.4 Å². The van der Waals surface area contributed by atoms with Gasteiger partial charge in [0.25, 0.3) is 0 Å². The first-order chi connectivity index (χ1) is 16.1. The van der Waals surface area contributed by atoms with Crippen LogP contribution in [0.3, 0.4) is 0 Å². The molecule has 1 aliphatic carbocycles. The highest BCUT2D eigenvalue weighted by atomic mass is 19.1. The molecule has 1 aromatic carbocycles. The molecule has 2 atom stereocenters. The third kappa shape index (κ3) is 4.53. The van der Waals surface area contributed by atoms with E-state index in [1.165, 1.54) is 32.3 Å². The molecule has 174 valence electrons. The van der Waals surface area contributed by atoms with Gasteiger partial charge in [0.2, 0.25) is 5.88 Å². The molecule has 2 aliphatic rings. The van der Waals surface area contributed by atoms with Crippen LogP contribution in [0.25, 0.3) is 17.0 Å². The molecule has 0 bridgehead atoms. The largest absolute Gasteiger partial charge is 0.493 e. The summed E-state index contributed by atoms with van der Waals surface area (Å²) in [5.74, 6) is 1.51. The third-order valence-corrected chi connectivity index (χ3v) is 6.26. The molecule has 1 saturated heterocycles. The van der Waals surface area contributed by atoms with Gasteiger partial charge in [-0.3, -0.25) is 0 Å². The fraction of sp³-hybridized carbons (Fsp3) is 0.440. The summed E-state index contributed by atoms with van der Waals surface area (Å²) < 4.78 is 32.7. The van der Waals surface area contributed by atoms with Crippen molar-refractivity contribution in [3.05, 3.63) is 47.6 Å². The monoisotopic (exact) mass is 452 g/mol. The van der Waals surface area contributed by atoms with Crippen molar-refractivity contribution in [2.75, 3.05) is 33.4 Å². The second-order valence-electron chi connectivity index (χ2n) is 8.61. The van der Waals surface area contributed by atoms with Gasteiger partial charge in [-0.25, -0.2) is 14.4 Å². The number of alkyl halides is 1. The molecule has 33 heavy (non-hydrogen) atoms. The van der Waals surface area contributed by atoms with Gasteiger partial charge in [0.1, 0.15) is 6.33 Å². The number of likely N-dealkylation sites (tertiary alicyclic amines) is 1. The third-order valence-electron chi connectivity index (χ3n) is 6.26. The lowest BCUT2D eigenvalue weighted by atomic mass is 10.00. The van der Waals surface area contributed by atoms with E-state index in [1.807, 2.05) is 25.1 Å². The first-order valence-corrected chi connectivity index (χ1v) is 11.5. The van der Waals surface area contributed by atoms with E-state index < -0.39 is 12.3 Å². The number of aromatic nitrogens is 3. The average Bonchev–Trinajstić information content (AvgIpc) is 3.47. The van der Waals surface area contributed by atoms with Crippen LogP contribution in [-0.2, 0) is 0 Å². The Bertz CT molecular complexity index is 1160. The first-order valence-electron chi connectivity index (χ1n) is 11.5. The number of rotatable bonds is 8. The summed E-state index contributed by atoms with van der Waals surface area (Å²) in [6, 6.07) is 5.44. The van der Waals surface area contributed by atoms with E-state index in [2.05, 4.69) is 19.9 Å². The summed E-state index contributed by atoms with van der Waals surface area (Å²) in [6.07, 6.45) is 6.44. The Morgan fingerprint density at radius 3 is 2.82 bits per heavy atom. The summed E-state index contributed by atoms with van der Waals surface area (Å²) >= 11 is 0. The van der Waals surface area contributed by atoms with Crippen LogP contribution < -0.4 is 14.2 Å². The molecule has 1 aliphatic heterocycles. The predicted molar refractivity (Wildman–Crippen MR) is 125 cm³/mol. The molecular formula is C25H29FN4O3. The fourth-order valence-electron chi connectivity index (χ4n) is 4.57. The van der Waals surface area contributed by atoms with Gasteiger partial charge < -0.3 is 24.1 Å². The normalized spacial score (nSPS) is 20.2. The zero-order valence-corrected chi connectivity index (χ0v) is 19.0. The quantitative estimate of drug-likeness (QED) is 0.503. The van der Waals surface area contributed by atoms with Gasteiger partial charge >= 0.3 is 0 Å². The topological polar surface area (TPSA) is 72.5 Å². The summed E-state index contributed by atoms with van der Waals surface area (Å²) in [5.41, 5.74) is 2.95. The molecule has 7 nitrogen and oxygen atoms in total. The van der Waals surface area contributed by atoms with E-state index in [-0.39, 0.29) is 0 Å². The van der Waals surface area contributed by atoms with Crippen molar-refractivity contribution >= 4 is 17.0 Å². The average molecular weight is 453 g/mol. The van der Waals surface area contributed by atoms with Gasteiger partial charge in [-0.2, -0.15) is 0 Å². The number of hydrogen-bond donors (Lipinski definition) is 1. The van der Waals surface area contributed by atoms with Crippen molar-refractivity contribution < 1.29 is 18.6 Å². The number of H-pyrrole nitrogens is 1. The number of aromatic amines is 1. The van der Waals surface area contributed by atoms with E-state index in [0.717, 1.165) is 24.4 Å². The summed E-state index contributed by atoms with van der Waals surface area (Å²) in [4.78, 5) is 14.3. The number of fused-ring (bicyclic) bond motifs is 2. The van der Waals surface area contributed by atoms with E-state index in [9.17, 15) is 0 Å². The van der Waals surface area contributed by atoms with E-state index in [0.29, 0.717) is 40.5 Å². The second-order valence-corrected chi connectivity index (χ2v) is 8.61. The van der Waals surface area contributed by atoms with Crippen molar-refractivity contribution in [2.24, 2.45) is 0 Å². The molecular weight excluding hydrogens is 423 g/mol. The van der Waals surface area contributed by atoms with E-state index in [4.69, 9.17) is 14.2 Å². The SMILES string of the molecule is COc1cc2c(OC3C=Cc4[nH]c(C)cc4[C@H]3F)ncnc2cc1OCCCN1CCCC1. The smallest absolute Gasteiger partial charge is 0.225 e. The number of nitrogens with zero attached hydrogens (tertiary/aromatic N) is 3. The number of benzene rings is 1. The maximum atomic E-state index is 15.1. The Hall–Kier alpha value is -3.13. The minimum absolute atomic E-state index is 0.312. The highest BCUT2D eigenvalue weighted by molar-refractivity contribution is 5.86. The Labute approximate surface area is 192 Å².